The standard InChI is InChI=1S/C41H56N2O15/c1-39(2,3)55-28(46)15-14-25(19-44)42-38(51)40-17-26-32-33(57-41(56-32,23-10-11-23)24-12-13-24)35(40)58-43(34(40)36(50)53-26)18-22-8-5-4-7-21(22)9-6-16-52-37-31(49)30(48)29(47)27(20-45)54-37/h4-9,23-27,29-35,37,44-45,47-49H,10-20H2,1-3H3,(H,42,51)/t25-,26+,27+,29-,30-,31+,32-,33-,34-,35+,37-,40-/m0/s1. The van der Waals surface area contributed by atoms with Crippen molar-refractivity contribution < 1.29 is 73.2 Å². The summed E-state index contributed by atoms with van der Waals surface area (Å²) >= 11 is 0. The van der Waals surface area contributed by atoms with Crippen molar-refractivity contribution in [1.29, 1.82) is 0 Å². The topological polar surface area (TPSA) is 232 Å². The molecule has 58 heavy (non-hydrogen) atoms. The van der Waals surface area contributed by atoms with E-state index in [4.69, 9.17) is 33.3 Å². The molecule has 0 radical (unpaired) electrons. The van der Waals surface area contributed by atoms with Crippen LogP contribution >= 0.6 is 0 Å². The molecule has 0 spiro atoms. The number of fused-ring (bicyclic) bond motifs is 4. The van der Waals surface area contributed by atoms with E-state index in [1.54, 1.807) is 32.9 Å². The maximum absolute atomic E-state index is 14.8. The zero-order chi connectivity index (χ0) is 41.1. The third-order valence-corrected chi connectivity index (χ3v) is 12.5. The predicted molar refractivity (Wildman–Crippen MR) is 198 cm³/mol. The van der Waals surface area contributed by atoms with Crippen LogP contribution in [0.3, 0.4) is 0 Å². The van der Waals surface area contributed by atoms with Gasteiger partial charge in [0.15, 0.2) is 18.1 Å². The first kappa shape index (κ1) is 41.7. The fourth-order valence-electron chi connectivity index (χ4n) is 9.42. The molecule has 17 nitrogen and oxygen atoms in total. The Balaban J connectivity index is 1.04. The molecule has 4 heterocycles. The van der Waals surface area contributed by atoms with Crippen molar-refractivity contribution >= 4 is 23.9 Å². The van der Waals surface area contributed by atoms with Crippen molar-refractivity contribution in [2.75, 3.05) is 19.8 Å². The van der Waals surface area contributed by atoms with Crippen molar-refractivity contribution in [2.24, 2.45) is 17.3 Å². The van der Waals surface area contributed by atoms with Gasteiger partial charge in [-0.25, -0.2) is 0 Å². The van der Waals surface area contributed by atoms with E-state index in [9.17, 15) is 39.9 Å². The number of rotatable bonds is 15. The number of nitrogens with one attached hydrogen (secondary N) is 1. The van der Waals surface area contributed by atoms with Gasteiger partial charge in [-0.3, -0.25) is 19.2 Å². The average molecular weight is 817 g/mol. The summed E-state index contributed by atoms with van der Waals surface area (Å²) in [6.45, 7) is 4.25. The van der Waals surface area contributed by atoms with Crippen LogP contribution in [0.2, 0.25) is 0 Å². The lowest BCUT2D eigenvalue weighted by Gasteiger charge is -2.49. The van der Waals surface area contributed by atoms with Crippen LogP contribution in [0.1, 0.15) is 76.8 Å². The number of carbonyl (C=O) groups excluding carboxylic acids is 3. The summed E-state index contributed by atoms with van der Waals surface area (Å²) in [4.78, 5) is 48.4. The minimum absolute atomic E-state index is 0.0409. The van der Waals surface area contributed by atoms with E-state index in [-0.39, 0.29) is 44.2 Å². The number of nitrogens with zero attached hydrogens (tertiary/aromatic N) is 1. The molecule has 320 valence electrons. The lowest BCUT2D eigenvalue weighted by Crippen LogP contribution is -2.70. The second kappa shape index (κ2) is 16.1. The molecule has 8 rings (SSSR count). The van der Waals surface area contributed by atoms with Crippen LogP contribution in [0.4, 0.5) is 0 Å². The first-order chi connectivity index (χ1) is 27.7. The van der Waals surface area contributed by atoms with Gasteiger partial charge in [0.2, 0.25) is 5.91 Å². The molecule has 4 saturated heterocycles. The Morgan fingerprint density at radius 3 is 2.40 bits per heavy atom. The maximum atomic E-state index is 14.8. The molecule has 6 N–H and O–H groups in total. The van der Waals surface area contributed by atoms with E-state index in [0.717, 1.165) is 36.8 Å². The molecule has 3 aliphatic carbocycles. The molecule has 7 aliphatic rings. The van der Waals surface area contributed by atoms with Crippen LogP contribution in [0.15, 0.2) is 30.3 Å². The largest absolute Gasteiger partial charge is 0.460 e. The molecular weight excluding hydrogens is 760 g/mol. The number of esters is 2. The van der Waals surface area contributed by atoms with Crippen molar-refractivity contribution in [3.63, 3.8) is 0 Å². The lowest BCUT2D eigenvalue weighted by molar-refractivity contribution is -0.298. The number of ether oxygens (including phenoxy) is 6. The van der Waals surface area contributed by atoms with Crippen molar-refractivity contribution in [2.45, 2.75) is 151 Å². The van der Waals surface area contributed by atoms with E-state index < -0.39 is 115 Å². The van der Waals surface area contributed by atoms with Gasteiger partial charge in [0.1, 0.15) is 59.8 Å². The molecule has 7 fully saturated rings. The number of hydrogen-bond donors (Lipinski definition) is 6. The normalized spacial score (nSPS) is 37.3. The van der Waals surface area contributed by atoms with E-state index in [1.165, 1.54) is 5.06 Å². The van der Waals surface area contributed by atoms with Crippen molar-refractivity contribution in [3.05, 3.63) is 41.5 Å². The molecule has 1 aromatic carbocycles. The minimum atomic E-state index is -1.57. The fraction of sp³-hybridized carbons (Fsp3) is 0.732. The number of aliphatic hydroxyl groups excluding tert-OH is 5. The number of benzene rings is 1. The van der Waals surface area contributed by atoms with Gasteiger partial charge < -0.3 is 59.3 Å². The Hall–Kier alpha value is -3.07. The quantitative estimate of drug-likeness (QED) is 0.130. The third kappa shape index (κ3) is 7.73. The predicted octanol–water partition coefficient (Wildman–Crippen LogP) is 0.216. The molecule has 1 amide bonds. The number of hydrogen-bond acceptors (Lipinski definition) is 16. The summed E-state index contributed by atoms with van der Waals surface area (Å²) in [5.74, 6) is -2.04. The molecule has 2 bridgehead atoms. The minimum Gasteiger partial charge on any atom is -0.460 e. The summed E-state index contributed by atoms with van der Waals surface area (Å²) in [7, 11) is 0. The van der Waals surface area contributed by atoms with Gasteiger partial charge in [-0.2, -0.15) is 5.06 Å². The lowest BCUT2D eigenvalue weighted by atomic mass is 9.62. The van der Waals surface area contributed by atoms with Crippen LogP contribution in [-0.4, -0.2) is 147 Å². The average Bonchev–Trinajstić information content (AvgIpc) is 4.13. The zero-order valence-electron chi connectivity index (χ0n) is 33.0. The van der Waals surface area contributed by atoms with Gasteiger partial charge >= 0.3 is 11.9 Å². The monoisotopic (exact) mass is 816 g/mol. The summed E-state index contributed by atoms with van der Waals surface area (Å²) in [5.41, 5.74) is -0.732. The van der Waals surface area contributed by atoms with Crippen molar-refractivity contribution in [3.8, 4) is 0 Å². The van der Waals surface area contributed by atoms with Crippen LogP contribution in [0.5, 0.6) is 0 Å². The second-order valence-corrected chi connectivity index (χ2v) is 17.8. The molecule has 4 aliphatic heterocycles. The van der Waals surface area contributed by atoms with Gasteiger partial charge in [0, 0.05) is 24.7 Å². The van der Waals surface area contributed by atoms with E-state index in [2.05, 4.69) is 5.32 Å². The number of aliphatic hydroxyl groups is 5. The zero-order valence-corrected chi connectivity index (χ0v) is 33.0. The first-order valence-corrected chi connectivity index (χ1v) is 20.5. The van der Waals surface area contributed by atoms with Crippen LogP contribution in [0, 0.1) is 17.3 Å². The number of amides is 1. The Kier molecular flexibility index (Phi) is 11.5. The summed E-state index contributed by atoms with van der Waals surface area (Å²) in [5, 5.41) is 54.9. The number of carbonyl (C=O) groups is 3. The highest BCUT2D eigenvalue weighted by Crippen LogP contribution is 2.64. The molecule has 0 unspecified atom stereocenters. The fourth-order valence-corrected chi connectivity index (χ4v) is 9.42. The first-order valence-electron chi connectivity index (χ1n) is 20.5. The molecule has 1 aromatic rings. The van der Waals surface area contributed by atoms with Crippen LogP contribution in [-0.2, 0) is 54.2 Å². The van der Waals surface area contributed by atoms with Crippen LogP contribution in [0.25, 0.3) is 6.08 Å². The molecule has 17 heteroatoms. The summed E-state index contributed by atoms with van der Waals surface area (Å²) < 4.78 is 36.4. The van der Waals surface area contributed by atoms with Gasteiger partial charge in [-0.05, 0) is 64.0 Å². The van der Waals surface area contributed by atoms with Crippen LogP contribution < -0.4 is 5.32 Å². The second-order valence-electron chi connectivity index (χ2n) is 17.8. The Morgan fingerprint density at radius 1 is 1.02 bits per heavy atom. The van der Waals surface area contributed by atoms with Gasteiger partial charge in [0.05, 0.1) is 32.4 Å². The SMILES string of the molecule is CC(C)(C)OC(=O)CC[C@@H](CO)NC(=O)[C@@]12C[C@H]3OC(=O)[C@@H]1N(Cc1ccccc1C=CCO[C@H]1O[C@H](CO)[C@H](O)[C@H](O)[C@H]1O)O[C@@H]2[C@H]1OC(C2CC2)(C2CC2)O[C@H]13. The Morgan fingerprint density at radius 2 is 1.72 bits per heavy atom. The highest BCUT2D eigenvalue weighted by Gasteiger charge is 2.78. The van der Waals surface area contributed by atoms with Gasteiger partial charge in [0.25, 0.3) is 0 Å². The smallest absolute Gasteiger partial charge is 0.327 e. The van der Waals surface area contributed by atoms with Crippen molar-refractivity contribution in [1.82, 2.24) is 10.4 Å². The molecular formula is C41H56N2O15. The van der Waals surface area contributed by atoms with E-state index in [0.29, 0.717) is 0 Å². The Bertz CT molecular complexity index is 1710. The highest BCUT2D eigenvalue weighted by atomic mass is 16.8. The maximum Gasteiger partial charge on any atom is 0.327 e. The van der Waals surface area contributed by atoms with Gasteiger partial charge in [-0.15, -0.1) is 0 Å². The van der Waals surface area contributed by atoms with Gasteiger partial charge in [-0.1, -0.05) is 36.4 Å². The Labute approximate surface area is 336 Å². The molecule has 0 aromatic heterocycles. The molecule has 3 saturated carbocycles. The summed E-state index contributed by atoms with van der Waals surface area (Å²) in [6.07, 6.45) is -2.67. The van der Waals surface area contributed by atoms with E-state index >= 15 is 0 Å². The van der Waals surface area contributed by atoms with E-state index in [1.807, 2.05) is 24.3 Å². The third-order valence-electron chi connectivity index (χ3n) is 12.5. The number of hydroxylamine groups is 2. The molecule has 12 atom stereocenters. The highest BCUT2D eigenvalue weighted by molar-refractivity contribution is 5.94. The summed E-state index contributed by atoms with van der Waals surface area (Å²) in [6, 6.07) is 5.36.